The molecule has 0 aliphatic carbocycles. The van der Waals surface area contributed by atoms with Crippen LogP contribution in [0.2, 0.25) is 0 Å². The minimum atomic E-state index is -0.840. The molecule has 0 amide bonds. The zero-order chi connectivity index (χ0) is 17.4. The third-order valence-electron chi connectivity index (χ3n) is 2.99. The lowest BCUT2D eigenvalue weighted by molar-refractivity contribution is -0.483. The molecule has 0 fully saturated rings. The van der Waals surface area contributed by atoms with E-state index in [2.05, 4.69) is 9.47 Å². The lowest BCUT2D eigenvalue weighted by Gasteiger charge is -2.13. The monoisotopic (exact) mass is 328 g/mol. The number of ether oxygens (including phenoxy) is 3. The Morgan fingerprint density at radius 1 is 1.26 bits per heavy atom. The minimum absolute atomic E-state index is 0.0291. The second kappa shape index (κ2) is 8.63. The van der Waals surface area contributed by atoms with Gasteiger partial charge in [0.05, 0.1) is 24.4 Å². The number of nitro groups is 2. The molecule has 0 aromatic heterocycles. The molecule has 23 heavy (non-hydrogen) atoms. The van der Waals surface area contributed by atoms with Gasteiger partial charge in [-0.15, -0.1) is 0 Å². The predicted molar refractivity (Wildman–Crippen MR) is 76.8 cm³/mol. The first-order valence-corrected chi connectivity index (χ1v) is 6.47. The average molecular weight is 328 g/mol. The van der Waals surface area contributed by atoms with Crippen LogP contribution in [0.5, 0.6) is 5.75 Å². The van der Waals surface area contributed by atoms with Crippen molar-refractivity contribution in [3.05, 3.63) is 44.0 Å². The van der Waals surface area contributed by atoms with E-state index in [0.29, 0.717) is 0 Å². The van der Waals surface area contributed by atoms with Crippen LogP contribution in [0.3, 0.4) is 0 Å². The molecule has 0 spiro atoms. The van der Waals surface area contributed by atoms with Crippen molar-refractivity contribution >= 4 is 11.7 Å². The van der Waals surface area contributed by atoms with Crippen LogP contribution in [0.15, 0.2) is 18.2 Å². The SMILES string of the molecule is COCOc1ccc(C(CC(=O)OC)C[N+](=O)[O-])cc1[N+](=O)[O-]. The highest BCUT2D eigenvalue weighted by atomic mass is 16.7. The Balaban J connectivity index is 3.15. The number of rotatable bonds is 9. The van der Waals surface area contributed by atoms with Crippen molar-refractivity contribution in [1.29, 1.82) is 0 Å². The van der Waals surface area contributed by atoms with Crippen LogP contribution in [0.25, 0.3) is 0 Å². The lowest BCUT2D eigenvalue weighted by Crippen LogP contribution is -2.17. The first-order chi connectivity index (χ1) is 10.9. The molecular weight excluding hydrogens is 312 g/mol. The molecule has 0 saturated carbocycles. The molecule has 1 atom stereocenters. The number of benzene rings is 1. The molecule has 0 N–H and O–H groups in total. The Labute approximate surface area is 131 Å². The van der Waals surface area contributed by atoms with Crippen LogP contribution < -0.4 is 4.74 Å². The molecule has 0 radical (unpaired) electrons. The van der Waals surface area contributed by atoms with Crippen LogP contribution >= 0.6 is 0 Å². The van der Waals surface area contributed by atoms with E-state index in [1.807, 2.05) is 0 Å². The summed E-state index contributed by atoms with van der Waals surface area (Å²) in [5.74, 6) is -1.51. The quantitative estimate of drug-likeness (QED) is 0.288. The van der Waals surface area contributed by atoms with E-state index >= 15 is 0 Å². The molecule has 1 aromatic rings. The van der Waals surface area contributed by atoms with E-state index in [1.165, 1.54) is 19.2 Å². The molecule has 10 heteroatoms. The lowest BCUT2D eigenvalue weighted by atomic mass is 9.95. The van der Waals surface area contributed by atoms with Gasteiger partial charge in [-0.05, 0) is 11.6 Å². The van der Waals surface area contributed by atoms with Gasteiger partial charge in [0.25, 0.3) is 0 Å². The summed E-state index contributed by atoms with van der Waals surface area (Å²) < 4.78 is 14.3. The number of hydrogen-bond donors (Lipinski definition) is 0. The van der Waals surface area contributed by atoms with Crippen molar-refractivity contribution in [2.45, 2.75) is 12.3 Å². The number of carbonyl (C=O) groups is 1. The fourth-order valence-electron chi connectivity index (χ4n) is 1.93. The van der Waals surface area contributed by atoms with Crippen LogP contribution in [0, 0.1) is 20.2 Å². The van der Waals surface area contributed by atoms with Gasteiger partial charge in [-0.25, -0.2) is 0 Å². The molecule has 0 aliphatic heterocycles. The molecule has 0 bridgehead atoms. The normalized spacial score (nSPS) is 11.6. The molecule has 1 rings (SSSR count). The molecule has 0 heterocycles. The Morgan fingerprint density at radius 3 is 2.48 bits per heavy atom. The van der Waals surface area contributed by atoms with Gasteiger partial charge in [0.1, 0.15) is 0 Å². The van der Waals surface area contributed by atoms with Crippen LogP contribution in [0.1, 0.15) is 17.9 Å². The zero-order valence-corrected chi connectivity index (χ0v) is 12.6. The first kappa shape index (κ1) is 18.3. The maximum absolute atomic E-state index is 11.4. The Hall–Kier alpha value is -2.75. The second-order valence-corrected chi connectivity index (χ2v) is 4.53. The minimum Gasteiger partial charge on any atom is -0.469 e. The van der Waals surface area contributed by atoms with Crippen molar-refractivity contribution < 1.29 is 28.9 Å². The zero-order valence-electron chi connectivity index (χ0n) is 12.6. The van der Waals surface area contributed by atoms with Gasteiger partial charge in [-0.1, -0.05) is 6.07 Å². The largest absolute Gasteiger partial charge is 0.469 e. The summed E-state index contributed by atoms with van der Waals surface area (Å²) in [5, 5.41) is 21.9. The topological polar surface area (TPSA) is 131 Å². The number of nitro benzene ring substituents is 1. The summed E-state index contributed by atoms with van der Waals surface area (Å²) >= 11 is 0. The summed E-state index contributed by atoms with van der Waals surface area (Å²) in [4.78, 5) is 32.0. The van der Waals surface area contributed by atoms with E-state index in [0.717, 1.165) is 13.2 Å². The molecule has 1 unspecified atom stereocenters. The predicted octanol–water partition coefficient (Wildman–Crippen LogP) is 1.50. The van der Waals surface area contributed by atoms with Gasteiger partial charge >= 0.3 is 11.7 Å². The molecular formula is C13H16N2O8. The summed E-state index contributed by atoms with van der Waals surface area (Å²) in [5.41, 5.74) is -0.0821. The van der Waals surface area contributed by atoms with Gasteiger partial charge in [-0.2, -0.15) is 0 Å². The third kappa shape index (κ3) is 5.51. The number of nitrogens with zero attached hydrogens (tertiary/aromatic N) is 2. The van der Waals surface area contributed by atoms with Gasteiger partial charge in [-0.3, -0.25) is 25.0 Å². The van der Waals surface area contributed by atoms with E-state index < -0.39 is 28.3 Å². The molecule has 10 nitrogen and oxygen atoms in total. The Kier molecular flexibility index (Phi) is 6.87. The highest BCUT2D eigenvalue weighted by molar-refractivity contribution is 5.70. The number of esters is 1. The standard InChI is InChI=1S/C13H16N2O8/c1-21-8-23-12-4-3-9(5-11(12)15(19)20)10(7-14(17)18)6-13(16)22-2/h3-5,10H,6-8H2,1-2H3. The number of methoxy groups -OCH3 is 2. The van der Waals surface area contributed by atoms with Crippen molar-refractivity contribution in [3.63, 3.8) is 0 Å². The van der Waals surface area contributed by atoms with Gasteiger partial charge < -0.3 is 14.2 Å². The first-order valence-electron chi connectivity index (χ1n) is 6.47. The van der Waals surface area contributed by atoms with E-state index in [9.17, 15) is 25.0 Å². The molecule has 1 aromatic carbocycles. The third-order valence-corrected chi connectivity index (χ3v) is 2.99. The van der Waals surface area contributed by atoms with Crippen molar-refractivity contribution in [3.8, 4) is 5.75 Å². The highest BCUT2D eigenvalue weighted by Crippen LogP contribution is 2.32. The summed E-state index contributed by atoms with van der Waals surface area (Å²) in [6, 6.07) is 3.91. The summed E-state index contributed by atoms with van der Waals surface area (Å²) in [6.07, 6.45) is -0.257. The molecule has 0 aliphatic rings. The van der Waals surface area contributed by atoms with E-state index in [4.69, 9.17) is 4.74 Å². The van der Waals surface area contributed by atoms with Gasteiger partial charge in [0.2, 0.25) is 6.54 Å². The number of carbonyl (C=O) groups excluding carboxylic acids is 1. The second-order valence-electron chi connectivity index (χ2n) is 4.53. The Bertz CT molecular complexity index is 589. The van der Waals surface area contributed by atoms with Crippen molar-refractivity contribution in [1.82, 2.24) is 0 Å². The van der Waals surface area contributed by atoms with E-state index in [1.54, 1.807) is 0 Å². The molecule has 126 valence electrons. The maximum Gasteiger partial charge on any atom is 0.311 e. The van der Waals surface area contributed by atoms with Crippen LogP contribution in [0.4, 0.5) is 5.69 Å². The molecule has 0 saturated heterocycles. The van der Waals surface area contributed by atoms with Crippen molar-refractivity contribution in [2.75, 3.05) is 27.6 Å². The van der Waals surface area contributed by atoms with Crippen molar-refractivity contribution in [2.24, 2.45) is 0 Å². The Morgan fingerprint density at radius 2 is 1.96 bits per heavy atom. The smallest absolute Gasteiger partial charge is 0.311 e. The van der Waals surface area contributed by atoms with Crippen LogP contribution in [-0.2, 0) is 14.3 Å². The fourth-order valence-corrected chi connectivity index (χ4v) is 1.93. The number of hydrogen-bond acceptors (Lipinski definition) is 8. The van der Waals surface area contributed by atoms with E-state index in [-0.39, 0.29) is 30.2 Å². The van der Waals surface area contributed by atoms with Gasteiger partial charge in [0.15, 0.2) is 12.5 Å². The summed E-state index contributed by atoms with van der Waals surface area (Å²) in [6.45, 7) is -0.731. The highest BCUT2D eigenvalue weighted by Gasteiger charge is 2.25. The summed E-state index contributed by atoms with van der Waals surface area (Å²) in [7, 11) is 2.53. The fraction of sp³-hybridized carbons (Fsp3) is 0.462. The maximum atomic E-state index is 11.4. The average Bonchev–Trinajstić information content (AvgIpc) is 2.51. The van der Waals surface area contributed by atoms with Gasteiger partial charge in [0, 0.05) is 18.1 Å². The van der Waals surface area contributed by atoms with Crippen LogP contribution in [-0.4, -0.2) is 43.4 Å².